The number of aromatic nitrogens is 2. The Balaban J connectivity index is 1.45. The van der Waals surface area contributed by atoms with Gasteiger partial charge in [-0.2, -0.15) is 0 Å². The molecule has 1 saturated carbocycles. The molecule has 1 amide bonds. The highest BCUT2D eigenvalue weighted by molar-refractivity contribution is 6.10. The number of amides is 1. The van der Waals surface area contributed by atoms with Crippen LogP contribution >= 0.6 is 0 Å². The number of hydrogen-bond acceptors (Lipinski definition) is 5. The lowest BCUT2D eigenvalue weighted by Gasteiger charge is -2.44. The van der Waals surface area contributed by atoms with Crippen molar-refractivity contribution in [2.75, 3.05) is 13.1 Å². The third kappa shape index (κ3) is 4.73. The van der Waals surface area contributed by atoms with Crippen LogP contribution in [-0.2, 0) is 20.8 Å². The van der Waals surface area contributed by atoms with Crippen LogP contribution in [0.4, 0.5) is 0 Å². The van der Waals surface area contributed by atoms with Gasteiger partial charge in [-0.05, 0) is 67.9 Å². The molecule has 6 nitrogen and oxygen atoms in total. The number of hydrogen-bond donors (Lipinski definition) is 0. The maximum absolute atomic E-state index is 13.3. The third-order valence-electron chi connectivity index (χ3n) is 7.02. The summed E-state index contributed by atoms with van der Waals surface area (Å²) in [4.78, 5) is 49.3. The molecule has 0 unspecified atom stereocenters. The Bertz CT molecular complexity index is 1110. The Kier molecular flexibility index (Phi) is 6.42. The van der Waals surface area contributed by atoms with Crippen LogP contribution in [0.3, 0.4) is 0 Å². The van der Waals surface area contributed by atoms with Crippen LogP contribution in [0.5, 0.6) is 0 Å². The summed E-state index contributed by atoms with van der Waals surface area (Å²) in [6, 6.07) is 3.93. The van der Waals surface area contributed by atoms with E-state index in [4.69, 9.17) is 0 Å². The monoisotopic (exact) mass is 443 g/mol. The minimum Gasteiger partial charge on any atom is -0.342 e. The van der Waals surface area contributed by atoms with E-state index in [1.54, 1.807) is 25.5 Å². The summed E-state index contributed by atoms with van der Waals surface area (Å²) in [5.74, 6) is 5.30. The standard InChI is InChI=1S/C27H29N3O3/c1-4-5-20-12-18(2)25(19(3)13-20)26-22(31)15-27(16-23(26)32)6-10-30(11-7-27)24(33)14-21-17-28-8-9-29-21/h8-9,12-13,17,26H,6-7,10-11,14-16H2,1-3H3. The number of ketones is 2. The SMILES string of the molecule is CC#Cc1cc(C)c(C2C(=O)CC3(CCN(C(=O)Cc4cnccn4)CC3)CC2=O)c(C)c1. The number of nitrogens with zero attached hydrogens (tertiary/aromatic N) is 3. The van der Waals surface area contributed by atoms with Crippen LogP contribution in [0.2, 0.25) is 0 Å². The lowest BCUT2D eigenvalue weighted by molar-refractivity contribution is -0.140. The molecule has 1 saturated heterocycles. The Labute approximate surface area is 194 Å². The number of carbonyl (C=O) groups is 3. The van der Waals surface area contributed by atoms with Gasteiger partial charge in [0.1, 0.15) is 17.5 Å². The Morgan fingerprint density at radius 2 is 1.73 bits per heavy atom. The number of benzene rings is 1. The van der Waals surface area contributed by atoms with E-state index in [-0.39, 0.29) is 29.3 Å². The topological polar surface area (TPSA) is 80.2 Å². The van der Waals surface area contributed by atoms with Gasteiger partial charge in [-0.25, -0.2) is 0 Å². The molecule has 1 aromatic heterocycles. The molecule has 2 aromatic rings. The third-order valence-corrected chi connectivity index (χ3v) is 7.02. The summed E-state index contributed by atoms with van der Waals surface area (Å²) in [6.07, 6.45) is 7.12. The van der Waals surface area contributed by atoms with Crippen LogP contribution in [0.25, 0.3) is 0 Å². The first kappa shape index (κ1) is 22.8. The van der Waals surface area contributed by atoms with Crippen LogP contribution in [-0.4, -0.2) is 45.4 Å². The summed E-state index contributed by atoms with van der Waals surface area (Å²) >= 11 is 0. The average molecular weight is 444 g/mol. The quantitative estimate of drug-likeness (QED) is 0.537. The highest BCUT2D eigenvalue weighted by Crippen LogP contribution is 2.46. The van der Waals surface area contributed by atoms with Crippen molar-refractivity contribution in [3.63, 3.8) is 0 Å². The van der Waals surface area contributed by atoms with Crippen molar-refractivity contribution in [3.8, 4) is 11.8 Å². The average Bonchev–Trinajstić information content (AvgIpc) is 2.76. The Morgan fingerprint density at radius 1 is 1.09 bits per heavy atom. The van der Waals surface area contributed by atoms with Crippen molar-refractivity contribution in [1.29, 1.82) is 0 Å². The second-order valence-corrected chi connectivity index (χ2v) is 9.37. The van der Waals surface area contributed by atoms with Gasteiger partial charge in [-0.1, -0.05) is 5.92 Å². The van der Waals surface area contributed by atoms with Gasteiger partial charge in [-0.15, -0.1) is 5.92 Å². The molecule has 1 spiro atoms. The first-order valence-electron chi connectivity index (χ1n) is 11.4. The second-order valence-electron chi connectivity index (χ2n) is 9.37. The maximum Gasteiger partial charge on any atom is 0.228 e. The summed E-state index contributed by atoms with van der Waals surface area (Å²) in [7, 11) is 0. The molecule has 33 heavy (non-hydrogen) atoms. The van der Waals surface area contributed by atoms with Crippen molar-refractivity contribution in [2.24, 2.45) is 5.41 Å². The molecule has 4 rings (SSSR count). The zero-order valence-corrected chi connectivity index (χ0v) is 19.5. The molecule has 2 fully saturated rings. The smallest absolute Gasteiger partial charge is 0.228 e. The maximum atomic E-state index is 13.3. The van der Waals surface area contributed by atoms with E-state index in [9.17, 15) is 14.4 Å². The summed E-state index contributed by atoms with van der Waals surface area (Å²) in [5, 5.41) is 0. The van der Waals surface area contributed by atoms with Crippen LogP contribution in [0.1, 0.15) is 66.5 Å². The number of rotatable bonds is 3. The lowest BCUT2D eigenvalue weighted by Crippen LogP contribution is -2.48. The van der Waals surface area contributed by atoms with Crippen molar-refractivity contribution < 1.29 is 14.4 Å². The van der Waals surface area contributed by atoms with E-state index in [2.05, 4.69) is 21.8 Å². The van der Waals surface area contributed by atoms with Crippen LogP contribution in [0.15, 0.2) is 30.7 Å². The highest BCUT2D eigenvalue weighted by Gasteiger charge is 2.47. The predicted octanol–water partition coefficient (Wildman–Crippen LogP) is 3.33. The van der Waals surface area contributed by atoms with Gasteiger partial charge in [0.2, 0.25) is 5.91 Å². The molecule has 0 bridgehead atoms. The fourth-order valence-corrected chi connectivity index (χ4v) is 5.43. The summed E-state index contributed by atoms with van der Waals surface area (Å²) < 4.78 is 0. The summed E-state index contributed by atoms with van der Waals surface area (Å²) in [6.45, 7) is 6.82. The summed E-state index contributed by atoms with van der Waals surface area (Å²) in [5.41, 5.74) is 3.96. The highest BCUT2D eigenvalue weighted by atomic mass is 16.2. The first-order chi connectivity index (χ1) is 15.8. The van der Waals surface area contributed by atoms with Crippen molar-refractivity contribution in [3.05, 3.63) is 58.7 Å². The van der Waals surface area contributed by atoms with Crippen LogP contribution < -0.4 is 0 Å². The zero-order chi connectivity index (χ0) is 23.6. The normalized spacial score (nSPS) is 18.2. The number of aryl methyl sites for hydroxylation is 2. The molecule has 1 aliphatic heterocycles. The van der Waals surface area contributed by atoms with Crippen molar-refractivity contribution in [2.45, 2.75) is 58.8 Å². The van der Waals surface area contributed by atoms with Gasteiger partial charge in [-0.3, -0.25) is 24.4 Å². The van der Waals surface area contributed by atoms with E-state index >= 15 is 0 Å². The molecule has 0 atom stereocenters. The molecule has 2 aliphatic rings. The number of piperidine rings is 1. The number of likely N-dealkylation sites (tertiary alicyclic amines) is 1. The molecule has 0 radical (unpaired) electrons. The predicted molar refractivity (Wildman–Crippen MR) is 124 cm³/mol. The van der Waals surface area contributed by atoms with Gasteiger partial charge in [0.15, 0.2) is 0 Å². The van der Waals surface area contributed by atoms with Crippen molar-refractivity contribution in [1.82, 2.24) is 14.9 Å². The van der Waals surface area contributed by atoms with Gasteiger partial charge in [0.05, 0.1) is 12.1 Å². The van der Waals surface area contributed by atoms with Crippen molar-refractivity contribution >= 4 is 17.5 Å². The minimum absolute atomic E-state index is 0.00566. The van der Waals surface area contributed by atoms with Gasteiger partial charge in [0.25, 0.3) is 0 Å². The second kappa shape index (κ2) is 9.27. The van der Waals surface area contributed by atoms with Gasteiger partial charge < -0.3 is 4.90 Å². The first-order valence-corrected chi connectivity index (χ1v) is 11.4. The minimum atomic E-state index is -0.685. The Morgan fingerprint density at radius 3 is 2.27 bits per heavy atom. The fraction of sp³-hybridized carbons (Fsp3) is 0.444. The van der Waals surface area contributed by atoms with Crippen LogP contribution in [0, 0.1) is 31.1 Å². The molecule has 1 aromatic carbocycles. The van der Waals surface area contributed by atoms with E-state index < -0.39 is 5.92 Å². The number of carbonyl (C=O) groups excluding carboxylic acids is 3. The molecule has 6 heteroatoms. The molecule has 0 N–H and O–H groups in total. The molecule has 170 valence electrons. The molecular formula is C27H29N3O3. The zero-order valence-electron chi connectivity index (χ0n) is 19.5. The van der Waals surface area contributed by atoms with Gasteiger partial charge in [0, 0.05) is 50.1 Å². The number of Topliss-reactive ketones (excluding diaryl/α,β-unsaturated/α-hetero) is 2. The fourth-order valence-electron chi connectivity index (χ4n) is 5.43. The van der Waals surface area contributed by atoms with E-state index in [0.717, 1.165) is 22.3 Å². The van der Waals surface area contributed by atoms with Gasteiger partial charge >= 0.3 is 0 Å². The van der Waals surface area contributed by atoms with E-state index in [1.165, 1.54) is 0 Å². The van der Waals surface area contributed by atoms with E-state index in [0.29, 0.717) is 44.5 Å². The molecular weight excluding hydrogens is 414 g/mol. The molecule has 1 aliphatic carbocycles. The molecule has 2 heterocycles. The largest absolute Gasteiger partial charge is 0.342 e. The van der Waals surface area contributed by atoms with E-state index in [1.807, 2.05) is 30.9 Å². The lowest BCUT2D eigenvalue weighted by atomic mass is 9.62. The Hall–Kier alpha value is -3.33.